The number of nitrogens with zero attached hydrogens (tertiary/aromatic N) is 1. The second kappa shape index (κ2) is 6.08. The SMILES string of the molecule is COCCN=C(NN)Nc1ccc2c(c1)OCO2. The molecule has 0 atom stereocenters. The topological polar surface area (TPSA) is 90.1 Å². The molecule has 0 bridgehead atoms. The van der Waals surface area contributed by atoms with Crippen molar-refractivity contribution in [3.63, 3.8) is 0 Å². The Bertz CT molecular complexity index is 436. The van der Waals surface area contributed by atoms with Gasteiger partial charge in [0.1, 0.15) is 0 Å². The van der Waals surface area contributed by atoms with Crippen molar-refractivity contribution >= 4 is 11.6 Å². The molecule has 98 valence electrons. The van der Waals surface area contributed by atoms with Gasteiger partial charge in [-0.05, 0) is 12.1 Å². The standard InChI is InChI=1S/C11H16N4O3/c1-16-5-4-13-11(15-12)14-8-2-3-9-10(6-8)18-7-17-9/h2-3,6H,4-5,7,12H2,1H3,(H2,13,14,15). The Labute approximate surface area is 105 Å². The molecule has 0 aliphatic carbocycles. The molecule has 4 N–H and O–H groups in total. The minimum atomic E-state index is 0.253. The van der Waals surface area contributed by atoms with Crippen molar-refractivity contribution in [2.75, 3.05) is 32.4 Å². The first-order valence-electron chi connectivity index (χ1n) is 5.50. The molecule has 1 aromatic carbocycles. The Morgan fingerprint density at radius 1 is 1.44 bits per heavy atom. The number of nitrogens with two attached hydrogens (primary N) is 1. The van der Waals surface area contributed by atoms with Gasteiger partial charge in [-0.1, -0.05) is 0 Å². The summed E-state index contributed by atoms with van der Waals surface area (Å²) in [4.78, 5) is 4.19. The van der Waals surface area contributed by atoms with Gasteiger partial charge in [0.25, 0.3) is 0 Å². The Morgan fingerprint density at radius 2 is 2.28 bits per heavy atom. The minimum Gasteiger partial charge on any atom is -0.454 e. The molecule has 0 saturated heterocycles. The Balaban J connectivity index is 2.01. The molecule has 0 spiro atoms. The lowest BCUT2D eigenvalue weighted by Gasteiger charge is -2.09. The zero-order valence-electron chi connectivity index (χ0n) is 10.1. The number of hydrogen-bond acceptors (Lipinski definition) is 5. The minimum absolute atomic E-state index is 0.253. The monoisotopic (exact) mass is 252 g/mol. The van der Waals surface area contributed by atoms with Gasteiger partial charge in [0.15, 0.2) is 11.5 Å². The number of nitrogens with one attached hydrogen (secondary N) is 2. The van der Waals surface area contributed by atoms with E-state index in [0.29, 0.717) is 24.9 Å². The van der Waals surface area contributed by atoms with E-state index < -0.39 is 0 Å². The van der Waals surface area contributed by atoms with Crippen molar-refractivity contribution in [1.29, 1.82) is 0 Å². The van der Waals surface area contributed by atoms with Gasteiger partial charge in [0.05, 0.1) is 13.2 Å². The number of ether oxygens (including phenoxy) is 3. The summed E-state index contributed by atoms with van der Waals surface area (Å²) in [7, 11) is 1.62. The number of hydrazine groups is 1. The summed E-state index contributed by atoms with van der Waals surface area (Å²) in [6, 6.07) is 5.51. The molecule has 0 fully saturated rings. The van der Waals surface area contributed by atoms with Crippen molar-refractivity contribution in [2.24, 2.45) is 10.8 Å². The van der Waals surface area contributed by atoms with Crippen LogP contribution in [0.15, 0.2) is 23.2 Å². The van der Waals surface area contributed by atoms with E-state index in [2.05, 4.69) is 15.7 Å². The number of anilines is 1. The fourth-order valence-corrected chi connectivity index (χ4v) is 1.48. The van der Waals surface area contributed by atoms with Gasteiger partial charge in [0.2, 0.25) is 12.8 Å². The van der Waals surface area contributed by atoms with E-state index in [1.807, 2.05) is 18.2 Å². The molecule has 0 unspecified atom stereocenters. The second-order valence-electron chi connectivity index (χ2n) is 3.56. The van der Waals surface area contributed by atoms with Gasteiger partial charge < -0.3 is 19.5 Å². The molecule has 1 heterocycles. The largest absolute Gasteiger partial charge is 0.454 e. The van der Waals surface area contributed by atoms with Crippen LogP contribution in [0.1, 0.15) is 0 Å². The van der Waals surface area contributed by atoms with Gasteiger partial charge in [0, 0.05) is 18.9 Å². The Morgan fingerprint density at radius 3 is 3.06 bits per heavy atom. The molecular weight excluding hydrogens is 236 g/mol. The third-order valence-electron chi connectivity index (χ3n) is 2.34. The van der Waals surface area contributed by atoms with Crippen LogP contribution in [0, 0.1) is 0 Å². The molecule has 1 aromatic rings. The van der Waals surface area contributed by atoms with Crippen LogP contribution in [0.4, 0.5) is 5.69 Å². The van der Waals surface area contributed by atoms with E-state index >= 15 is 0 Å². The molecular formula is C11H16N4O3. The average molecular weight is 252 g/mol. The van der Waals surface area contributed by atoms with Gasteiger partial charge in [-0.25, -0.2) is 10.8 Å². The third-order valence-corrected chi connectivity index (χ3v) is 2.34. The maximum Gasteiger partial charge on any atom is 0.231 e. The summed E-state index contributed by atoms with van der Waals surface area (Å²) < 4.78 is 15.4. The fourth-order valence-electron chi connectivity index (χ4n) is 1.48. The molecule has 18 heavy (non-hydrogen) atoms. The van der Waals surface area contributed by atoms with Crippen molar-refractivity contribution in [3.05, 3.63) is 18.2 Å². The maximum atomic E-state index is 5.38. The summed E-state index contributed by atoms with van der Waals surface area (Å²) >= 11 is 0. The van der Waals surface area contributed by atoms with E-state index in [0.717, 1.165) is 11.4 Å². The number of hydrogen-bond donors (Lipinski definition) is 3. The number of methoxy groups -OCH3 is 1. The highest BCUT2D eigenvalue weighted by Crippen LogP contribution is 2.34. The molecule has 0 amide bonds. The number of aliphatic imine (C=N–C) groups is 1. The molecule has 0 saturated carbocycles. The van der Waals surface area contributed by atoms with Crippen LogP contribution in [0.5, 0.6) is 11.5 Å². The van der Waals surface area contributed by atoms with Crippen LogP contribution in [0.3, 0.4) is 0 Å². The number of guanidine groups is 1. The molecule has 7 heteroatoms. The van der Waals surface area contributed by atoms with Crippen LogP contribution < -0.4 is 26.1 Å². The summed E-state index contributed by atoms with van der Waals surface area (Å²) in [6.45, 7) is 1.31. The maximum absolute atomic E-state index is 5.38. The highest BCUT2D eigenvalue weighted by molar-refractivity contribution is 5.93. The predicted molar refractivity (Wildman–Crippen MR) is 67.7 cm³/mol. The molecule has 0 radical (unpaired) electrons. The molecule has 7 nitrogen and oxygen atoms in total. The zero-order chi connectivity index (χ0) is 12.8. The number of benzene rings is 1. The molecule has 1 aliphatic heterocycles. The average Bonchev–Trinajstić information content (AvgIpc) is 2.85. The first-order valence-corrected chi connectivity index (χ1v) is 5.50. The Hall–Kier alpha value is -1.99. The van der Waals surface area contributed by atoms with Crippen molar-refractivity contribution in [3.8, 4) is 11.5 Å². The van der Waals surface area contributed by atoms with Crippen molar-refractivity contribution in [2.45, 2.75) is 0 Å². The van der Waals surface area contributed by atoms with E-state index in [1.54, 1.807) is 7.11 Å². The van der Waals surface area contributed by atoms with E-state index in [1.165, 1.54) is 0 Å². The quantitative estimate of drug-likeness (QED) is 0.235. The number of fused-ring (bicyclic) bond motifs is 1. The normalized spacial score (nSPS) is 13.6. The number of rotatable bonds is 4. The fraction of sp³-hybridized carbons (Fsp3) is 0.364. The molecule has 1 aliphatic rings. The van der Waals surface area contributed by atoms with Crippen LogP contribution in [0.2, 0.25) is 0 Å². The van der Waals surface area contributed by atoms with Gasteiger partial charge in [-0.3, -0.25) is 5.43 Å². The van der Waals surface area contributed by atoms with Gasteiger partial charge in [-0.2, -0.15) is 0 Å². The first-order chi connectivity index (χ1) is 8.83. The van der Waals surface area contributed by atoms with Crippen LogP contribution in [-0.4, -0.2) is 33.0 Å². The van der Waals surface area contributed by atoms with Crippen molar-refractivity contribution in [1.82, 2.24) is 5.43 Å². The lowest BCUT2D eigenvalue weighted by molar-refractivity contribution is 0.174. The highest BCUT2D eigenvalue weighted by Gasteiger charge is 2.13. The van der Waals surface area contributed by atoms with Crippen LogP contribution in [-0.2, 0) is 4.74 Å². The van der Waals surface area contributed by atoms with Crippen LogP contribution >= 0.6 is 0 Å². The summed E-state index contributed by atoms with van der Waals surface area (Å²) in [6.07, 6.45) is 0. The molecule has 2 rings (SSSR count). The summed E-state index contributed by atoms with van der Waals surface area (Å²) in [5, 5.41) is 3.04. The van der Waals surface area contributed by atoms with Gasteiger partial charge >= 0.3 is 0 Å². The molecule has 0 aromatic heterocycles. The lowest BCUT2D eigenvalue weighted by Crippen LogP contribution is -2.36. The van der Waals surface area contributed by atoms with Crippen molar-refractivity contribution < 1.29 is 14.2 Å². The van der Waals surface area contributed by atoms with E-state index in [9.17, 15) is 0 Å². The Kier molecular flexibility index (Phi) is 4.21. The van der Waals surface area contributed by atoms with Gasteiger partial charge in [-0.15, -0.1) is 0 Å². The first kappa shape index (κ1) is 12.5. The zero-order valence-corrected chi connectivity index (χ0v) is 10.1. The third kappa shape index (κ3) is 3.02. The van der Waals surface area contributed by atoms with Crippen LogP contribution in [0.25, 0.3) is 0 Å². The predicted octanol–water partition coefficient (Wildman–Crippen LogP) is 0.293. The van der Waals surface area contributed by atoms with E-state index in [4.69, 9.17) is 20.1 Å². The second-order valence-corrected chi connectivity index (χ2v) is 3.56. The highest BCUT2D eigenvalue weighted by atomic mass is 16.7. The smallest absolute Gasteiger partial charge is 0.231 e. The van der Waals surface area contributed by atoms with E-state index in [-0.39, 0.29) is 6.79 Å². The summed E-state index contributed by atoms with van der Waals surface area (Å²) in [5.74, 6) is 7.28. The lowest BCUT2D eigenvalue weighted by atomic mass is 10.3. The summed E-state index contributed by atoms with van der Waals surface area (Å²) in [5.41, 5.74) is 3.30.